The lowest BCUT2D eigenvalue weighted by Crippen LogP contribution is -2.36. The smallest absolute Gasteiger partial charge is 0.251 e. The van der Waals surface area contributed by atoms with Gasteiger partial charge in [-0.1, -0.05) is 42.8 Å². The molecule has 0 aliphatic heterocycles. The first-order valence-electron chi connectivity index (χ1n) is 7.45. The van der Waals surface area contributed by atoms with Crippen LogP contribution >= 0.6 is 12.4 Å². The van der Waals surface area contributed by atoms with Gasteiger partial charge in [-0.3, -0.25) is 4.79 Å². The normalized spacial score (nSPS) is 20.2. The van der Waals surface area contributed by atoms with Crippen LogP contribution in [0.25, 0.3) is 0 Å². The number of carbonyl (C=O) groups is 1. The van der Waals surface area contributed by atoms with Crippen molar-refractivity contribution in [3.63, 3.8) is 0 Å². The largest absolute Gasteiger partial charge is 0.399 e. The number of nitrogens with two attached hydrogens (primary N) is 1. The third kappa shape index (κ3) is 3.60. The summed E-state index contributed by atoms with van der Waals surface area (Å²) < 4.78 is 0. The Hall–Kier alpha value is -2.00. The van der Waals surface area contributed by atoms with Crippen molar-refractivity contribution in [1.82, 2.24) is 5.32 Å². The van der Waals surface area contributed by atoms with Crippen LogP contribution in [0.3, 0.4) is 0 Å². The molecule has 4 heteroatoms. The maximum Gasteiger partial charge on any atom is 0.251 e. The third-order valence-corrected chi connectivity index (χ3v) is 4.21. The second-order valence-electron chi connectivity index (χ2n) is 5.65. The number of anilines is 1. The summed E-state index contributed by atoms with van der Waals surface area (Å²) in [4.78, 5) is 12.4. The second kappa shape index (κ2) is 7.32. The van der Waals surface area contributed by atoms with Crippen LogP contribution in [0.5, 0.6) is 0 Å². The highest BCUT2D eigenvalue weighted by Crippen LogP contribution is 2.34. The van der Waals surface area contributed by atoms with Gasteiger partial charge in [0, 0.05) is 23.2 Å². The van der Waals surface area contributed by atoms with E-state index in [9.17, 15) is 4.79 Å². The maximum atomic E-state index is 12.4. The molecular weight excluding hydrogens is 296 g/mol. The van der Waals surface area contributed by atoms with Crippen molar-refractivity contribution in [2.75, 3.05) is 5.73 Å². The van der Waals surface area contributed by atoms with Gasteiger partial charge in [-0.25, -0.2) is 0 Å². The third-order valence-electron chi connectivity index (χ3n) is 4.21. The van der Waals surface area contributed by atoms with Crippen LogP contribution in [0, 0.1) is 0 Å². The summed E-state index contributed by atoms with van der Waals surface area (Å²) in [6.45, 7) is 0. The van der Waals surface area contributed by atoms with Gasteiger partial charge in [0.1, 0.15) is 0 Å². The molecule has 2 unspecified atom stereocenters. The van der Waals surface area contributed by atoms with E-state index < -0.39 is 0 Å². The van der Waals surface area contributed by atoms with Crippen LogP contribution in [0.2, 0.25) is 0 Å². The van der Waals surface area contributed by atoms with Crippen molar-refractivity contribution in [2.45, 2.75) is 31.2 Å². The predicted octanol–water partition coefficient (Wildman–Crippen LogP) is 3.76. The second-order valence-corrected chi connectivity index (χ2v) is 5.65. The molecule has 1 fully saturated rings. The molecule has 1 saturated carbocycles. The summed E-state index contributed by atoms with van der Waals surface area (Å²) in [7, 11) is 0. The lowest BCUT2D eigenvalue weighted by molar-refractivity contribution is 0.0934. The number of amides is 1. The quantitative estimate of drug-likeness (QED) is 0.847. The number of benzene rings is 2. The highest BCUT2D eigenvalue weighted by molar-refractivity contribution is 5.95. The first-order valence-corrected chi connectivity index (χ1v) is 7.45. The van der Waals surface area contributed by atoms with Gasteiger partial charge in [0.05, 0.1) is 0 Å². The van der Waals surface area contributed by atoms with Gasteiger partial charge in [-0.05, 0) is 36.6 Å². The van der Waals surface area contributed by atoms with E-state index in [1.807, 2.05) is 12.1 Å². The standard InChI is InChI=1S/C18H20N2O.ClH/c19-15-9-4-8-14(12-15)18(21)20-17-11-5-10-16(17)13-6-2-1-3-7-13;/h1-4,6-9,12,16-17H,5,10-11,19H2,(H,20,21);1H. The van der Waals surface area contributed by atoms with Crippen molar-refractivity contribution in [1.29, 1.82) is 0 Å². The van der Waals surface area contributed by atoms with Crippen LogP contribution in [0.1, 0.15) is 41.1 Å². The average molecular weight is 317 g/mol. The Morgan fingerprint density at radius 3 is 2.55 bits per heavy atom. The topological polar surface area (TPSA) is 55.1 Å². The van der Waals surface area contributed by atoms with Crippen molar-refractivity contribution >= 4 is 24.0 Å². The lowest BCUT2D eigenvalue weighted by Gasteiger charge is -2.21. The van der Waals surface area contributed by atoms with Crippen molar-refractivity contribution in [2.24, 2.45) is 0 Å². The Morgan fingerprint density at radius 1 is 1.05 bits per heavy atom. The van der Waals surface area contributed by atoms with Crippen molar-refractivity contribution in [3.05, 3.63) is 65.7 Å². The summed E-state index contributed by atoms with van der Waals surface area (Å²) in [6, 6.07) is 17.8. The Labute approximate surface area is 137 Å². The van der Waals surface area contributed by atoms with E-state index >= 15 is 0 Å². The number of hydrogen-bond acceptors (Lipinski definition) is 2. The Bertz CT molecular complexity index is 630. The van der Waals surface area contributed by atoms with Crippen LogP contribution in [-0.4, -0.2) is 11.9 Å². The molecule has 3 nitrogen and oxygen atoms in total. The Morgan fingerprint density at radius 2 is 1.82 bits per heavy atom. The van der Waals surface area contributed by atoms with Gasteiger partial charge >= 0.3 is 0 Å². The van der Waals surface area contributed by atoms with E-state index in [0.717, 1.165) is 19.3 Å². The van der Waals surface area contributed by atoms with Gasteiger partial charge in [0.25, 0.3) is 5.91 Å². The predicted molar refractivity (Wildman–Crippen MR) is 92.4 cm³/mol. The van der Waals surface area contributed by atoms with E-state index in [-0.39, 0.29) is 24.4 Å². The van der Waals surface area contributed by atoms with Crippen LogP contribution < -0.4 is 11.1 Å². The van der Waals surface area contributed by atoms with E-state index in [1.54, 1.807) is 18.2 Å². The molecule has 2 aromatic carbocycles. The summed E-state index contributed by atoms with van der Waals surface area (Å²) in [5.41, 5.74) is 8.31. The van der Waals surface area contributed by atoms with Crippen LogP contribution in [0.15, 0.2) is 54.6 Å². The molecule has 0 heterocycles. The van der Waals surface area contributed by atoms with E-state index in [0.29, 0.717) is 17.2 Å². The minimum atomic E-state index is -0.0323. The van der Waals surface area contributed by atoms with Gasteiger partial charge in [-0.15, -0.1) is 12.4 Å². The van der Waals surface area contributed by atoms with Crippen LogP contribution in [-0.2, 0) is 0 Å². The number of hydrogen-bond donors (Lipinski definition) is 2. The highest BCUT2D eigenvalue weighted by Gasteiger charge is 2.29. The minimum absolute atomic E-state index is 0. The molecule has 1 aliphatic rings. The first-order chi connectivity index (χ1) is 10.2. The average Bonchev–Trinajstić information content (AvgIpc) is 2.96. The fourth-order valence-electron chi connectivity index (χ4n) is 3.16. The number of nitrogens with one attached hydrogen (secondary N) is 1. The fourth-order valence-corrected chi connectivity index (χ4v) is 3.16. The van der Waals surface area contributed by atoms with Gasteiger partial charge < -0.3 is 11.1 Å². The molecule has 0 aromatic heterocycles. The first kappa shape index (κ1) is 16.4. The molecular formula is C18H21ClN2O. The molecule has 0 bridgehead atoms. The lowest BCUT2D eigenvalue weighted by atomic mass is 9.94. The zero-order valence-corrected chi connectivity index (χ0v) is 13.2. The van der Waals surface area contributed by atoms with Gasteiger partial charge in [-0.2, -0.15) is 0 Å². The van der Waals surface area contributed by atoms with Crippen molar-refractivity contribution < 1.29 is 4.79 Å². The monoisotopic (exact) mass is 316 g/mol. The molecule has 0 spiro atoms. The van der Waals surface area contributed by atoms with Gasteiger partial charge in [0.2, 0.25) is 0 Å². The zero-order valence-electron chi connectivity index (χ0n) is 12.4. The van der Waals surface area contributed by atoms with Crippen molar-refractivity contribution in [3.8, 4) is 0 Å². The zero-order chi connectivity index (χ0) is 14.7. The highest BCUT2D eigenvalue weighted by atomic mass is 35.5. The number of nitrogen functional groups attached to an aromatic ring is 1. The molecule has 116 valence electrons. The Kier molecular flexibility index (Phi) is 5.45. The molecule has 22 heavy (non-hydrogen) atoms. The molecule has 3 rings (SSSR count). The molecule has 1 aliphatic carbocycles. The van der Waals surface area contributed by atoms with E-state index in [4.69, 9.17) is 5.73 Å². The minimum Gasteiger partial charge on any atom is -0.399 e. The molecule has 2 atom stereocenters. The summed E-state index contributed by atoms with van der Waals surface area (Å²) in [5, 5.41) is 3.18. The summed E-state index contributed by atoms with van der Waals surface area (Å²) in [6.07, 6.45) is 3.32. The fraction of sp³-hybridized carbons (Fsp3) is 0.278. The summed E-state index contributed by atoms with van der Waals surface area (Å²) in [5.74, 6) is 0.381. The van der Waals surface area contributed by atoms with Crippen LogP contribution in [0.4, 0.5) is 5.69 Å². The van der Waals surface area contributed by atoms with E-state index in [2.05, 4.69) is 29.6 Å². The molecule has 0 radical (unpaired) electrons. The summed E-state index contributed by atoms with van der Waals surface area (Å²) >= 11 is 0. The van der Waals surface area contributed by atoms with E-state index in [1.165, 1.54) is 5.56 Å². The molecule has 1 amide bonds. The Balaban J connectivity index is 0.00000176. The number of rotatable bonds is 3. The molecule has 0 saturated heterocycles. The molecule has 3 N–H and O–H groups in total. The molecule has 2 aromatic rings. The SMILES string of the molecule is Cl.Nc1cccc(C(=O)NC2CCCC2c2ccccc2)c1. The number of carbonyl (C=O) groups excluding carboxylic acids is 1. The maximum absolute atomic E-state index is 12.4. The number of halogens is 1. The van der Waals surface area contributed by atoms with Gasteiger partial charge in [0.15, 0.2) is 0 Å².